The van der Waals surface area contributed by atoms with Crippen molar-refractivity contribution in [2.24, 2.45) is 5.92 Å². The lowest BCUT2D eigenvalue weighted by atomic mass is 10.1. The summed E-state index contributed by atoms with van der Waals surface area (Å²) in [6.45, 7) is 8.63. The molecule has 0 aliphatic carbocycles. The SMILES string of the molecule is CCOc1cc(C=CC(=O)Nc2cccc(CN3CCCC3=O)c2)ccc1OCC(C)C. The monoisotopic (exact) mass is 436 g/mol. The second kappa shape index (κ2) is 11.4. The van der Waals surface area contributed by atoms with Crippen LogP contribution in [0.3, 0.4) is 0 Å². The van der Waals surface area contributed by atoms with Crippen molar-refractivity contribution in [1.82, 2.24) is 4.90 Å². The number of carbonyl (C=O) groups is 2. The van der Waals surface area contributed by atoms with Crippen LogP contribution in [-0.4, -0.2) is 36.5 Å². The van der Waals surface area contributed by atoms with Gasteiger partial charge in [-0.25, -0.2) is 0 Å². The molecule has 3 rings (SSSR count). The number of nitrogens with zero attached hydrogens (tertiary/aromatic N) is 1. The van der Waals surface area contributed by atoms with E-state index in [-0.39, 0.29) is 11.8 Å². The number of carbonyl (C=O) groups excluding carboxylic acids is 2. The van der Waals surface area contributed by atoms with Crippen LogP contribution >= 0.6 is 0 Å². The van der Waals surface area contributed by atoms with Gasteiger partial charge in [0.2, 0.25) is 11.8 Å². The number of benzene rings is 2. The Morgan fingerprint density at radius 3 is 2.72 bits per heavy atom. The average molecular weight is 437 g/mol. The molecule has 0 spiro atoms. The number of anilines is 1. The van der Waals surface area contributed by atoms with Crippen molar-refractivity contribution in [3.05, 3.63) is 59.7 Å². The Labute approximate surface area is 190 Å². The highest BCUT2D eigenvalue weighted by Gasteiger charge is 2.20. The molecule has 1 heterocycles. The minimum Gasteiger partial charge on any atom is -0.490 e. The molecule has 1 fully saturated rings. The zero-order valence-electron chi connectivity index (χ0n) is 19.1. The lowest BCUT2D eigenvalue weighted by Crippen LogP contribution is -2.23. The number of ether oxygens (including phenoxy) is 2. The molecule has 1 N–H and O–H groups in total. The first-order valence-electron chi connectivity index (χ1n) is 11.2. The van der Waals surface area contributed by atoms with E-state index in [1.165, 1.54) is 6.08 Å². The molecular weight excluding hydrogens is 404 g/mol. The van der Waals surface area contributed by atoms with Crippen LogP contribution in [-0.2, 0) is 16.1 Å². The summed E-state index contributed by atoms with van der Waals surface area (Å²) in [5.41, 5.74) is 2.55. The van der Waals surface area contributed by atoms with Crippen molar-refractivity contribution in [3.63, 3.8) is 0 Å². The second-order valence-electron chi connectivity index (χ2n) is 8.29. The van der Waals surface area contributed by atoms with E-state index in [2.05, 4.69) is 19.2 Å². The molecule has 0 radical (unpaired) electrons. The third kappa shape index (κ3) is 6.87. The van der Waals surface area contributed by atoms with Gasteiger partial charge in [0.15, 0.2) is 11.5 Å². The van der Waals surface area contributed by atoms with Crippen molar-refractivity contribution in [3.8, 4) is 11.5 Å². The summed E-state index contributed by atoms with van der Waals surface area (Å²) in [5, 5.41) is 2.89. The van der Waals surface area contributed by atoms with E-state index < -0.39 is 0 Å². The fraction of sp³-hybridized carbons (Fsp3) is 0.385. The van der Waals surface area contributed by atoms with Gasteiger partial charge in [-0.15, -0.1) is 0 Å². The maximum absolute atomic E-state index is 12.4. The van der Waals surface area contributed by atoms with E-state index in [1.807, 2.05) is 54.3 Å². The molecule has 0 saturated carbocycles. The largest absolute Gasteiger partial charge is 0.490 e. The summed E-state index contributed by atoms with van der Waals surface area (Å²) in [4.78, 5) is 26.1. The van der Waals surface area contributed by atoms with Gasteiger partial charge in [0.25, 0.3) is 0 Å². The van der Waals surface area contributed by atoms with Crippen molar-refractivity contribution in [1.29, 1.82) is 0 Å². The molecule has 32 heavy (non-hydrogen) atoms. The third-order valence-electron chi connectivity index (χ3n) is 5.01. The molecule has 2 amide bonds. The van der Waals surface area contributed by atoms with Gasteiger partial charge in [-0.3, -0.25) is 9.59 Å². The first-order valence-corrected chi connectivity index (χ1v) is 11.2. The fourth-order valence-corrected chi connectivity index (χ4v) is 3.47. The predicted molar refractivity (Wildman–Crippen MR) is 127 cm³/mol. The number of nitrogens with one attached hydrogen (secondary N) is 1. The van der Waals surface area contributed by atoms with Crippen molar-refractivity contribution in [2.75, 3.05) is 25.1 Å². The summed E-state index contributed by atoms with van der Waals surface area (Å²) >= 11 is 0. The Hall–Kier alpha value is -3.28. The molecule has 0 aromatic heterocycles. The van der Waals surface area contributed by atoms with E-state index in [9.17, 15) is 9.59 Å². The lowest BCUT2D eigenvalue weighted by Gasteiger charge is -2.16. The highest BCUT2D eigenvalue weighted by atomic mass is 16.5. The minimum atomic E-state index is -0.225. The van der Waals surface area contributed by atoms with Crippen LogP contribution in [0.4, 0.5) is 5.69 Å². The van der Waals surface area contributed by atoms with Crippen LogP contribution in [0.2, 0.25) is 0 Å². The number of hydrogen-bond donors (Lipinski definition) is 1. The standard InChI is InChI=1S/C26H32N2O4/c1-4-31-24-16-20(10-12-23(24)32-18-19(2)3)11-13-25(29)27-22-8-5-7-21(15-22)17-28-14-6-9-26(28)30/h5,7-8,10-13,15-16,19H,4,6,9,14,17-18H2,1-3H3,(H,27,29). The van der Waals surface area contributed by atoms with Crippen LogP contribution in [0.5, 0.6) is 11.5 Å². The molecule has 6 heteroatoms. The number of hydrogen-bond acceptors (Lipinski definition) is 4. The van der Waals surface area contributed by atoms with E-state index in [0.29, 0.717) is 49.3 Å². The summed E-state index contributed by atoms with van der Waals surface area (Å²) in [6.07, 6.45) is 4.78. The Morgan fingerprint density at radius 2 is 2.00 bits per heavy atom. The quantitative estimate of drug-likeness (QED) is 0.538. The smallest absolute Gasteiger partial charge is 0.248 e. The highest BCUT2D eigenvalue weighted by Crippen LogP contribution is 2.29. The Kier molecular flexibility index (Phi) is 8.31. The van der Waals surface area contributed by atoms with E-state index >= 15 is 0 Å². The summed E-state index contributed by atoms with van der Waals surface area (Å²) in [7, 11) is 0. The Morgan fingerprint density at radius 1 is 1.16 bits per heavy atom. The molecule has 6 nitrogen and oxygen atoms in total. The summed E-state index contributed by atoms with van der Waals surface area (Å²) < 4.78 is 11.5. The molecule has 2 aromatic rings. The minimum absolute atomic E-state index is 0.189. The van der Waals surface area contributed by atoms with Crippen LogP contribution in [0.15, 0.2) is 48.5 Å². The van der Waals surface area contributed by atoms with Gasteiger partial charge in [-0.2, -0.15) is 0 Å². The molecule has 0 unspecified atom stereocenters. The predicted octanol–water partition coefficient (Wildman–Crippen LogP) is 4.89. The Balaban J connectivity index is 1.61. The van der Waals surface area contributed by atoms with Gasteiger partial charge in [0.05, 0.1) is 13.2 Å². The van der Waals surface area contributed by atoms with Gasteiger partial charge < -0.3 is 19.7 Å². The third-order valence-corrected chi connectivity index (χ3v) is 5.01. The average Bonchev–Trinajstić information content (AvgIpc) is 3.16. The van der Waals surface area contributed by atoms with E-state index in [1.54, 1.807) is 6.08 Å². The molecule has 2 aromatic carbocycles. The van der Waals surface area contributed by atoms with Gasteiger partial charge in [0.1, 0.15) is 0 Å². The maximum Gasteiger partial charge on any atom is 0.248 e. The van der Waals surface area contributed by atoms with E-state index in [0.717, 1.165) is 24.1 Å². The molecule has 1 saturated heterocycles. The first-order chi connectivity index (χ1) is 15.4. The molecular formula is C26H32N2O4. The van der Waals surface area contributed by atoms with Crippen molar-refractivity contribution in [2.45, 2.75) is 40.2 Å². The molecule has 1 aliphatic heterocycles. The van der Waals surface area contributed by atoms with Crippen LogP contribution < -0.4 is 14.8 Å². The highest BCUT2D eigenvalue weighted by molar-refractivity contribution is 6.02. The van der Waals surface area contributed by atoms with Crippen molar-refractivity contribution >= 4 is 23.6 Å². The normalized spacial score (nSPS) is 13.8. The second-order valence-corrected chi connectivity index (χ2v) is 8.29. The van der Waals surface area contributed by atoms with Crippen molar-refractivity contribution < 1.29 is 19.1 Å². The maximum atomic E-state index is 12.4. The molecule has 170 valence electrons. The topological polar surface area (TPSA) is 67.9 Å². The molecule has 0 bridgehead atoms. The molecule has 0 atom stereocenters. The fourth-order valence-electron chi connectivity index (χ4n) is 3.47. The summed E-state index contributed by atoms with van der Waals surface area (Å²) in [6, 6.07) is 13.2. The zero-order chi connectivity index (χ0) is 22.9. The van der Waals surface area contributed by atoms with Crippen LogP contribution in [0.1, 0.15) is 44.7 Å². The lowest BCUT2D eigenvalue weighted by molar-refractivity contribution is -0.128. The van der Waals surface area contributed by atoms with Gasteiger partial charge in [-0.05, 0) is 60.7 Å². The first kappa shape index (κ1) is 23.4. The van der Waals surface area contributed by atoms with Crippen LogP contribution in [0.25, 0.3) is 6.08 Å². The van der Waals surface area contributed by atoms with Gasteiger partial charge in [-0.1, -0.05) is 32.0 Å². The molecule has 1 aliphatic rings. The summed E-state index contributed by atoms with van der Waals surface area (Å²) in [5.74, 6) is 1.75. The van der Waals surface area contributed by atoms with Gasteiger partial charge in [0, 0.05) is 31.3 Å². The zero-order valence-corrected chi connectivity index (χ0v) is 19.1. The van der Waals surface area contributed by atoms with E-state index in [4.69, 9.17) is 9.47 Å². The Bertz CT molecular complexity index is 968. The number of amides is 2. The number of likely N-dealkylation sites (tertiary alicyclic amines) is 1. The van der Waals surface area contributed by atoms with Crippen LogP contribution in [0, 0.1) is 5.92 Å². The van der Waals surface area contributed by atoms with Gasteiger partial charge >= 0.3 is 0 Å². The number of rotatable bonds is 10.